The summed E-state index contributed by atoms with van der Waals surface area (Å²) in [6.07, 6.45) is 0.984. The van der Waals surface area contributed by atoms with Crippen molar-refractivity contribution in [2.45, 2.75) is 18.6 Å². The fraction of sp³-hybridized carbons (Fsp3) is 0.250. The number of fused-ring (bicyclic) bond motifs is 1. The van der Waals surface area contributed by atoms with E-state index in [0.717, 1.165) is 21.1 Å². The third-order valence-electron chi connectivity index (χ3n) is 3.67. The highest BCUT2D eigenvalue weighted by Gasteiger charge is 2.29. The summed E-state index contributed by atoms with van der Waals surface area (Å²) < 4.78 is 8.35. The smallest absolute Gasteiger partial charge is 0.127 e. The summed E-state index contributed by atoms with van der Waals surface area (Å²) in [6.45, 7) is 0. The van der Waals surface area contributed by atoms with E-state index in [1.807, 2.05) is 25.2 Å². The Morgan fingerprint density at radius 1 is 1.10 bits per heavy atom. The fourth-order valence-electron chi connectivity index (χ4n) is 2.64. The van der Waals surface area contributed by atoms with Crippen molar-refractivity contribution in [2.24, 2.45) is 0 Å². The second kappa shape index (κ2) is 5.88. The number of benzene rings is 2. The van der Waals surface area contributed by atoms with Gasteiger partial charge in [0.1, 0.15) is 11.9 Å². The van der Waals surface area contributed by atoms with Gasteiger partial charge in [0.05, 0.1) is 0 Å². The van der Waals surface area contributed by atoms with Crippen molar-refractivity contribution in [2.75, 3.05) is 7.05 Å². The van der Waals surface area contributed by atoms with E-state index < -0.39 is 0 Å². The van der Waals surface area contributed by atoms with Gasteiger partial charge in [0.15, 0.2) is 0 Å². The Balaban J connectivity index is 2.00. The number of nitrogens with one attached hydrogen (secondary N) is 1. The SMILES string of the molecule is CNC1CC(c2ccccc2Br)Oc2cc(Br)ccc21. The number of hydrogen-bond acceptors (Lipinski definition) is 2. The molecular weight excluding hydrogens is 382 g/mol. The largest absolute Gasteiger partial charge is 0.485 e. The van der Waals surface area contributed by atoms with Crippen LogP contribution in [0.3, 0.4) is 0 Å². The molecule has 2 unspecified atom stereocenters. The summed E-state index contributed by atoms with van der Waals surface area (Å²) in [5.74, 6) is 0.950. The Bertz CT molecular complexity index is 630. The van der Waals surface area contributed by atoms with E-state index in [-0.39, 0.29) is 6.10 Å². The van der Waals surface area contributed by atoms with Crippen molar-refractivity contribution >= 4 is 31.9 Å². The zero-order valence-electron chi connectivity index (χ0n) is 11.1. The highest BCUT2D eigenvalue weighted by atomic mass is 79.9. The van der Waals surface area contributed by atoms with Gasteiger partial charge < -0.3 is 10.1 Å². The molecule has 0 saturated carbocycles. The molecule has 0 radical (unpaired) electrons. The standard InChI is InChI=1S/C16H15Br2NO/c1-19-14-9-16(11-4-2-3-5-13(11)18)20-15-8-10(17)6-7-12(14)15/h2-8,14,16,19H,9H2,1H3. The molecule has 1 aliphatic rings. The molecule has 1 aliphatic heterocycles. The quantitative estimate of drug-likeness (QED) is 0.771. The molecule has 3 rings (SSSR count). The molecule has 1 heterocycles. The summed E-state index contributed by atoms with van der Waals surface area (Å²) in [5, 5.41) is 3.39. The van der Waals surface area contributed by atoms with Crippen LogP contribution in [0.5, 0.6) is 5.75 Å². The van der Waals surface area contributed by atoms with Gasteiger partial charge in [-0.05, 0) is 25.2 Å². The van der Waals surface area contributed by atoms with Crippen LogP contribution in [0.2, 0.25) is 0 Å². The van der Waals surface area contributed by atoms with Gasteiger partial charge >= 0.3 is 0 Å². The lowest BCUT2D eigenvalue weighted by Crippen LogP contribution is -2.26. The molecule has 20 heavy (non-hydrogen) atoms. The molecule has 2 aromatic rings. The predicted octanol–water partition coefficient (Wildman–Crippen LogP) is 5.00. The molecule has 104 valence electrons. The van der Waals surface area contributed by atoms with Crippen molar-refractivity contribution in [3.63, 3.8) is 0 Å². The summed E-state index contributed by atoms with van der Waals surface area (Å²) in [4.78, 5) is 0. The molecule has 0 bridgehead atoms. The minimum absolute atomic E-state index is 0.0600. The van der Waals surface area contributed by atoms with Crippen molar-refractivity contribution in [1.29, 1.82) is 0 Å². The van der Waals surface area contributed by atoms with Crippen molar-refractivity contribution in [1.82, 2.24) is 5.32 Å². The number of hydrogen-bond donors (Lipinski definition) is 1. The number of rotatable bonds is 2. The lowest BCUT2D eigenvalue weighted by molar-refractivity contribution is 0.153. The highest BCUT2D eigenvalue weighted by molar-refractivity contribution is 9.10. The molecular formula is C16H15Br2NO. The van der Waals surface area contributed by atoms with Crippen LogP contribution < -0.4 is 10.1 Å². The fourth-order valence-corrected chi connectivity index (χ4v) is 3.52. The number of ether oxygens (including phenoxy) is 1. The van der Waals surface area contributed by atoms with Gasteiger partial charge in [-0.3, -0.25) is 0 Å². The molecule has 2 aromatic carbocycles. The second-order valence-electron chi connectivity index (χ2n) is 4.89. The number of halogens is 2. The normalized spacial score (nSPS) is 21.1. The third-order valence-corrected chi connectivity index (χ3v) is 4.89. The Morgan fingerprint density at radius 2 is 1.90 bits per heavy atom. The van der Waals surface area contributed by atoms with Crippen LogP contribution in [-0.2, 0) is 0 Å². The first-order valence-corrected chi connectivity index (χ1v) is 8.15. The Labute approximate surface area is 135 Å². The molecule has 0 fully saturated rings. The maximum atomic E-state index is 6.21. The molecule has 0 aliphatic carbocycles. The predicted molar refractivity (Wildman–Crippen MR) is 88.1 cm³/mol. The molecule has 1 N–H and O–H groups in total. The van der Waals surface area contributed by atoms with Crippen LogP contribution >= 0.6 is 31.9 Å². The maximum Gasteiger partial charge on any atom is 0.127 e. The summed E-state index contributed by atoms with van der Waals surface area (Å²) in [5.41, 5.74) is 2.41. The zero-order chi connectivity index (χ0) is 14.1. The highest BCUT2D eigenvalue weighted by Crippen LogP contribution is 2.43. The first kappa shape index (κ1) is 14.1. The van der Waals surface area contributed by atoms with E-state index in [2.05, 4.69) is 61.4 Å². The average Bonchev–Trinajstić information content (AvgIpc) is 2.46. The van der Waals surface area contributed by atoms with Crippen LogP contribution in [0.4, 0.5) is 0 Å². The first-order chi connectivity index (χ1) is 9.69. The van der Waals surface area contributed by atoms with Gasteiger partial charge in [0, 0.05) is 32.5 Å². The zero-order valence-corrected chi connectivity index (χ0v) is 14.2. The summed E-state index contributed by atoms with van der Waals surface area (Å²) >= 11 is 7.13. The first-order valence-electron chi connectivity index (χ1n) is 6.57. The van der Waals surface area contributed by atoms with Gasteiger partial charge in [-0.1, -0.05) is 56.1 Å². The molecule has 0 amide bonds. The van der Waals surface area contributed by atoms with E-state index in [0.29, 0.717) is 6.04 Å². The third kappa shape index (κ3) is 2.65. The molecule has 2 atom stereocenters. The minimum atomic E-state index is 0.0600. The molecule has 0 saturated heterocycles. The molecule has 4 heteroatoms. The lowest BCUT2D eigenvalue weighted by atomic mass is 9.93. The van der Waals surface area contributed by atoms with Crippen LogP contribution in [-0.4, -0.2) is 7.05 Å². The maximum absolute atomic E-state index is 6.21. The monoisotopic (exact) mass is 395 g/mol. The van der Waals surface area contributed by atoms with E-state index in [4.69, 9.17) is 4.74 Å². The van der Waals surface area contributed by atoms with E-state index in [1.165, 1.54) is 11.1 Å². The van der Waals surface area contributed by atoms with Crippen molar-refractivity contribution in [3.8, 4) is 5.75 Å². The molecule has 2 nitrogen and oxygen atoms in total. The van der Waals surface area contributed by atoms with Gasteiger partial charge in [0.2, 0.25) is 0 Å². The molecule has 0 aromatic heterocycles. The van der Waals surface area contributed by atoms with E-state index >= 15 is 0 Å². The second-order valence-corrected chi connectivity index (χ2v) is 6.66. The Hall–Kier alpha value is -0.840. The summed E-state index contributed by atoms with van der Waals surface area (Å²) in [6, 6.07) is 14.8. The topological polar surface area (TPSA) is 21.3 Å². The van der Waals surface area contributed by atoms with Gasteiger partial charge in [0.25, 0.3) is 0 Å². The van der Waals surface area contributed by atoms with Crippen molar-refractivity contribution in [3.05, 3.63) is 62.5 Å². The lowest BCUT2D eigenvalue weighted by Gasteiger charge is -2.33. The van der Waals surface area contributed by atoms with Gasteiger partial charge in [-0.2, -0.15) is 0 Å². The Morgan fingerprint density at radius 3 is 2.65 bits per heavy atom. The van der Waals surface area contributed by atoms with Crippen LogP contribution in [0, 0.1) is 0 Å². The van der Waals surface area contributed by atoms with Crippen molar-refractivity contribution < 1.29 is 4.74 Å². The molecule has 0 spiro atoms. The van der Waals surface area contributed by atoms with Gasteiger partial charge in [-0.15, -0.1) is 0 Å². The van der Waals surface area contributed by atoms with Crippen LogP contribution in [0.1, 0.15) is 29.7 Å². The van der Waals surface area contributed by atoms with Gasteiger partial charge in [-0.25, -0.2) is 0 Å². The average molecular weight is 397 g/mol. The summed E-state index contributed by atoms with van der Waals surface area (Å²) in [7, 11) is 2.00. The minimum Gasteiger partial charge on any atom is -0.485 e. The van der Waals surface area contributed by atoms with Crippen LogP contribution in [0.25, 0.3) is 0 Å². The van der Waals surface area contributed by atoms with E-state index in [9.17, 15) is 0 Å². The Kier molecular flexibility index (Phi) is 4.15. The van der Waals surface area contributed by atoms with E-state index in [1.54, 1.807) is 0 Å². The van der Waals surface area contributed by atoms with Crippen LogP contribution in [0.15, 0.2) is 51.4 Å².